The van der Waals surface area contributed by atoms with Crippen molar-refractivity contribution in [2.75, 3.05) is 13.2 Å². The van der Waals surface area contributed by atoms with Crippen LogP contribution in [0.3, 0.4) is 0 Å². The van der Waals surface area contributed by atoms with Crippen LogP contribution >= 0.6 is 0 Å². The van der Waals surface area contributed by atoms with E-state index in [1.807, 2.05) is 90.4 Å². The highest BCUT2D eigenvalue weighted by Crippen LogP contribution is 2.37. The summed E-state index contributed by atoms with van der Waals surface area (Å²) in [5, 5.41) is 12.3. The molecule has 0 aliphatic heterocycles. The average Bonchev–Trinajstić information content (AvgIpc) is 3.30. The maximum Gasteiger partial charge on any atom is 0.320 e. The molecule has 0 unspecified atom stereocenters. The highest BCUT2D eigenvalue weighted by molar-refractivity contribution is 5.95. The lowest BCUT2D eigenvalue weighted by molar-refractivity contribution is -0.161. The Balaban J connectivity index is 1.83. The van der Waals surface area contributed by atoms with Crippen molar-refractivity contribution in [2.24, 2.45) is 5.92 Å². The molecule has 3 aromatic carbocycles. The zero-order chi connectivity index (χ0) is 26.4. The Hall–Kier alpha value is -3.97. The van der Waals surface area contributed by atoms with Crippen LogP contribution in [0.2, 0.25) is 0 Å². The van der Waals surface area contributed by atoms with Crippen molar-refractivity contribution >= 4 is 23.0 Å². The van der Waals surface area contributed by atoms with E-state index < -0.39 is 23.5 Å². The van der Waals surface area contributed by atoms with E-state index in [1.165, 1.54) is 0 Å². The molecule has 0 fully saturated rings. The number of fused-ring (bicyclic) bond motifs is 1. The van der Waals surface area contributed by atoms with E-state index >= 15 is 0 Å². The summed E-state index contributed by atoms with van der Waals surface area (Å²) in [7, 11) is 0. The summed E-state index contributed by atoms with van der Waals surface area (Å²) in [6.45, 7) is 6.31. The minimum absolute atomic E-state index is 0.138. The van der Waals surface area contributed by atoms with Gasteiger partial charge in [-0.15, -0.1) is 0 Å². The molecule has 0 radical (unpaired) electrons. The van der Waals surface area contributed by atoms with Gasteiger partial charge in [0.1, 0.15) is 0 Å². The second-order valence-electron chi connectivity index (χ2n) is 8.71. The van der Waals surface area contributed by atoms with Gasteiger partial charge >= 0.3 is 11.9 Å². The summed E-state index contributed by atoms with van der Waals surface area (Å²) in [6.07, 6.45) is 0.138. The summed E-state index contributed by atoms with van der Waals surface area (Å²) in [6, 6.07) is 24.6. The Kier molecular flexibility index (Phi) is 8.04. The lowest BCUT2D eigenvalue weighted by Gasteiger charge is -2.29. The molecule has 0 aliphatic rings. The second kappa shape index (κ2) is 11.4. The summed E-state index contributed by atoms with van der Waals surface area (Å²) in [5.74, 6) is -1.77. The first-order valence-corrected chi connectivity index (χ1v) is 12.6. The minimum Gasteiger partial charge on any atom is -0.465 e. The molecule has 0 atom stereocenters. The molecule has 4 aromatic rings. The predicted octanol–water partition coefficient (Wildman–Crippen LogP) is 4.63. The Morgan fingerprint density at radius 3 is 1.89 bits per heavy atom. The Labute approximate surface area is 216 Å². The third-order valence-corrected chi connectivity index (χ3v) is 6.42. The fourth-order valence-electron chi connectivity index (χ4n) is 4.66. The molecule has 192 valence electrons. The molecule has 0 aliphatic carbocycles. The smallest absolute Gasteiger partial charge is 0.320 e. The van der Waals surface area contributed by atoms with Crippen molar-refractivity contribution in [1.82, 2.24) is 9.55 Å². The fraction of sp³-hybridized carbons (Fsp3) is 0.300. The van der Waals surface area contributed by atoms with Crippen LogP contribution < -0.4 is 0 Å². The SMILES string of the molecule is CCOC(=O)C(Cc1ccc2nc(C(O)(c3ccccc3)c3ccccc3)n(CC)c2c1)C(=O)OCC. The molecule has 37 heavy (non-hydrogen) atoms. The van der Waals surface area contributed by atoms with Crippen molar-refractivity contribution < 1.29 is 24.2 Å². The maximum absolute atomic E-state index is 12.5. The number of hydrogen-bond donors (Lipinski definition) is 1. The van der Waals surface area contributed by atoms with Gasteiger partial charge in [-0.1, -0.05) is 66.7 Å². The molecule has 7 heteroatoms. The molecule has 7 nitrogen and oxygen atoms in total. The van der Waals surface area contributed by atoms with Gasteiger partial charge in [0.05, 0.1) is 24.2 Å². The van der Waals surface area contributed by atoms with Crippen LogP contribution in [0.25, 0.3) is 11.0 Å². The van der Waals surface area contributed by atoms with Gasteiger partial charge in [-0.05, 0) is 56.0 Å². The van der Waals surface area contributed by atoms with Crippen LogP contribution in [-0.2, 0) is 37.6 Å². The van der Waals surface area contributed by atoms with Crippen LogP contribution in [0.15, 0.2) is 78.9 Å². The van der Waals surface area contributed by atoms with Crippen molar-refractivity contribution in [3.63, 3.8) is 0 Å². The molecular formula is C30H32N2O5. The summed E-state index contributed by atoms with van der Waals surface area (Å²) in [5.41, 5.74) is 2.19. The fourth-order valence-corrected chi connectivity index (χ4v) is 4.66. The predicted molar refractivity (Wildman–Crippen MR) is 141 cm³/mol. The quantitative estimate of drug-likeness (QED) is 0.252. The minimum atomic E-state index is -1.49. The number of benzene rings is 3. The summed E-state index contributed by atoms with van der Waals surface area (Å²) in [4.78, 5) is 29.9. The van der Waals surface area contributed by atoms with Gasteiger partial charge in [-0.25, -0.2) is 4.98 Å². The molecule has 0 saturated heterocycles. The topological polar surface area (TPSA) is 90.6 Å². The highest BCUT2D eigenvalue weighted by Gasteiger charge is 2.39. The maximum atomic E-state index is 12.5. The molecule has 0 saturated carbocycles. The number of nitrogens with zero attached hydrogens (tertiary/aromatic N) is 2. The molecule has 0 spiro atoms. The first kappa shape index (κ1) is 26.1. The van der Waals surface area contributed by atoms with E-state index in [9.17, 15) is 14.7 Å². The number of esters is 2. The number of aliphatic hydroxyl groups is 1. The number of carbonyl (C=O) groups excluding carboxylic acids is 2. The van der Waals surface area contributed by atoms with Crippen LogP contribution in [0.1, 0.15) is 43.3 Å². The van der Waals surface area contributed by atoms with Gasteiger partial charge in [-0.3, -0.25) is 9.59 Å². The van der Waals surface area contributed by atoms with Crippen molar-refractivity contribution in [3.05, 3.63) is 101 Å². The van der Waals surface area contributed by atoms with Crippen LogP contribution in [0.4, 0.5) is 0 Å². The standard InChI is InChI=1S/C30H32N2O5/c1-4-32-26-20-21(19-24(27(33)36-5-2)28(34)37-6-3)17-18-25(26)31-29(32)30(35,22-13-9-7-10-14-22)23-15-11-8-12-16-23/h7-18,20,24,35H,4-6,19H2,1-3H3. The van der Waals surface area contributed by atoms with E-state index in [-0.39, 0.29) is 19.6 Å². The number of ether oxygens (including phenoxy) is 2. The Morgan fingerprint density at radius 2 is 1.41 bits per heavy atom. The summed E-state index contributed by atoms with van der Waals surface area (Å²) >= 11 is 0. The van der Waals surface area contributed by atoms with Crippen molar-refractivity contribution in [2.45, 2.75) is 39.3 Å². The number of aromatic nitrogens is 2. The van der Waals surface area contributed by atoms with Crippen LogP contribution in [0, 0.1) is 5.92 Å². The van der Waals surface area contributed by atoms with Gasteiger partial charge in [0.2, 0.25) is 0 Å². The lowest BCUT2D eigenvalue weighted by Crippen LogP contribution is -2.32. The average molecular weight is 501 g/mol. The zero-order valence-electron chi connectivity index (χ0n) is 21.4. The number of rotatable bonds is 10. The van der Waals surface area contributed by atoms with Gasteiger partial charge in [0, 0.05) is 6.54 Å². The van der Waals surface area contributed by atoms with Crippen molar-refractivity contribution in [3.8, 4) is 0 Å². The molecule has 4 rings (SSSR count). The molecule has 1 aromatic heterocycles. The van der Waals surface area contributed by atoms with Gasteiger partial charge in [0.25, 0.3) is 0 Å². The van der Waals surface area contributed by atoms with Crippen molar-refractivity contribution in [1.29, 1.82) is 0 Å². The van der Waals surface area contributed by atoms with E-state index in [2.05, 4.69) is 0 Å². The van der Waals surface area contributed by atoms with Gasteiger partial charge in [-0.2, -0.15) is 0 Å². The molecule has 1 heterocycles. The normalized spacial score (nSPS) is 11.6. The highest BCUT2D eigenvalue weighted by atomic mass is 16.6. The first-order chi connectivity index (χ1) is 17.9. The molecular weight excluding hydrogens is 468 g/mol. The number of aryl methyl sites for hydroxylation is 1. The second-order valence-corrected chi connectivity index (χ2v) is 8.71. The van der Waals surface area contributed by atoms with E-state index in [0.29, 0.717) is 29.0 Å². The monoisotopic (exact) mass is 500 g/mol. The van der Waals surface area contributed by atoms with Gasteiger partial charge in [0.15, 0.2) is 17.3 Å². The molecule has 1 N–H and O–H groups in total. The van der Waals surface area contributed by atoms with E-state index in [1.54, 1.807) is 13.8 Å². The first-order valence-electron chi connectivity index (χ1n) is 12.6. The van der Waals surface area contributed by atoms with Crippen LogP contribution in [-0.4, -0.2) is 39.8 Å². The van der Waals surface area contributed by atoms with Crippen LogP contribution in [0.5, 0.6) is 0 Å². The van der Waals surface area contributed by atoms with E-state index in [0.717, 1.165) is 11.1 Å². The van der Waals surface area contributed by atoms with E-state index in [4.69, 9.17) is 14.5 Å². The third kappa shape index (κ3) is 5.13. The lowest BCUT2D eigenvalue weighted by atomic mass is 9.85. The molecule has 0 bridgehead atoms. The number of hydrogen-bond acceptors (Lipinski definition) is 6. The third-order valence-electron chi connectivity index (χ3n) is 6.42. The Morgan fingerprint density at radius 1 is 0.865 bits per heavy atom. The van der Waals surface area contributed by atoms with Gasteiger partial charge < -0.3 is 19.1 Å². The Bertz CT molecular complexity index is 1310. The number of imidazole rings is 1. The summed E-state index contributed by atoms with van der Waals surface area (Å²) < 4.78 is 12.2. The largest absolute Gasteiger partial charge is 0.465 e. The zero-order valence-corrected chi connectivity index (χ0v) is 21.4. The number of carbonyl (C=O) groups is 2. The molecule has 0 amide bonds.